The van der Waals surface area contributed by atoms with Gasteiger partial charge < -0.3 is 10.2 Å². The van der Waals surface area contributed by atoms with Gasteiger partial charge in [0.05, 0.1) is 0 Å². The van der Waals surface area contributed by atoms with E-state index in [9.17, 15) is 0 Å². The molecule has 1 N–H and O–H groups in total. The van der Waals surface area contributed by atoms with E-state index in [-0.39, 0.29) is 0 Å². The summed E-state index contributed by atoms with van der Waals surface area (Å²) in [6, 6.07) is 0.887. The highest BCUT2D eigenvalue weighted by molar-refractivity contribution is 4.91. The van der Waals surface area contributed by atoms with E-state index in [2.05, 4.69) is 37.9 Å². The Morgan fingerprint density at radius 2 is 1.85 bits per heavy atom. The minimum atomic E-state index is 0.498. The Labute approximate surface area is 126 Å². The minimum absolute atomic E-state index is 0.498. The summed E-state index contributed by atoms with van der Waals surface area (Å²) in [5.74, 6) is 1.84. The molecule has 0 bridgehead atoms. The summed E-state index contributed by atoms with van der Waals surface area (Å²) in [6.07, 6.45) is 8.40. The summed E-state index contributed by atoms with van der Waals surface area (Å²) in [5, 5.41) is 3.63. The number of hydrogen-bond donors (Lipinski definition) is 1. The van der Waals surface area contributed by atoms with Crippen LogP contribution in [0.4, 0.5) is 0 Å². The molecule has 0 aromatic rings. The lowest BCUT2D eigenvalue weighted by Crippen LogP contribution is -2.51. The van der Waals surface area contributed by atoms with E-state index >= 15 is 0 Å². The second-order valence-electron chi connectivity index (χ2n) is 8.14. The monoisotopic (exact) mass is 280 g/mol. The molecule has 1 aliphatic carbocycles. The maximum Gasteiger partial charge on any atom is 0.0136 e. The Bertz CT molecular complexity index is 282. The molecule has 1 heterocycles. The average molecular weight is 280 g/mol. The zero-order valence-electron chi connectivity index (χ0n) is 14.3. The van der Waals surface area contributed by atoms with E-state index in [1.165, 1.54) is 64.7 Å². The Morgan fingerprint density at radius 3 is 2.45 bits per heavy atom. The molecule has 20 heavy (non-hydrogen) atoms. The molecule has 2 aliphatic rings. The molecule has 2 fully saturated rings. The first-order valence-electron chi connectivity index (χ1n) is 8.97. The lowest BCUT2D eigenvalue weighted by molar-refractivity contribution is 0.0620. The molecule has 0 spiro atoms. The normalized spacial score (nSPS) is 32.7. The van der Waals surface area contributed by atoms with Gasteiger partial charge in [0.15, 0.2) is 0 Å². The van der Waals surface area contributed by atoms with Gasteiger partial charge in [0, 0.05) is 6.04 Å². The van der Waals surface area contributed by atoms with Crippen LogP contribution in [0.25, 0.3) is 0 Å². The van der Waals surface area contributed by atoms with Crippen molar-refractivity contribution in [3.8, 4) is 0 Å². The van der Waals surface area contributed by atoms with Gasteiger partial charge in [-0.05, 0) is 82.0 Å². The van der Waals surface area contributed by atoms with E-state index in [1.54, 1.807) is 0 Å². The van der Waals surface area contributed by atoms with Crippen LogP contribution in [0.3, 0.4) is 0 Å². The fraction of sp³-hybridized carbons (Fsp3) is 1.00. The third-order valence-electron chi connectivity index (χ3n) is 5.67. The van der Waals surface area contributed by atoms with Crippen molar-refractivity contribution in [3.05, 3.63) is 0 Å². The molecule has 118 valence electrons. The van der Waals surface area contributed by atoms with Crippen molar-refractivity contribution in [3.63, 3.8) is 0 Å². The molecule has 2 rings (SSSR count). The second kappa shape index (κ2) is 7.26. The van der Waals surface area contributed by atoms with Gasteiger partial charge in [0.1, 0.15) is 0 Å². The van der Waals surface area contributed by atoms with Gasteiger partial charge in [-0.15, -0.1) is 0 Å². The largest absolute Gasteiger partial charge is 0.316 e. The van der Waals surface area contributed by atoms with Crippen LogP contribution in [0.5, 0.6) is 0 Å². The van der Waals surface area contributed by atoms with E-state index in [4.69, 9.17) is 0 Å². The SMILES string of the molecule is CCCNCC1CCC1N1CCCC(C(C)(C)C)CC1. The first-order valence-corrected chi connectivity index (χ1v) is 8.97. The lowest BCUT2D eigenvalue weighted by Gasteiger charge is -2.44. The summed E-state index contributed by atoms with van der Waals surface area (Å²) >= 11 is 0. The molecule has 2 nitrogen and oxygen atoms in total. The summed E-state index contributed by atoms with van der Waals surface area (Å²) in [6.45, 7) is 14.7. The van der Waals surface area contributed by atoms with Crippen LogP contribution in [0.1, 0.15) is 66.2 Å². The predicted molar refractivity (Wildman–Crippen MR) is 88.0 cm³/mol. The van der Waals surface area contributed by atoms with Crippen LogP contribution in [-0.4, -0.2) is 37.1 Å². The smallest absolute Gasteiger partial charge is 0.0136 e. The zero-order chi connectivity index (χ0) is 14.6. The van der Waals surface area contributed by atoms with Crippen molar-refractivity contribution in [2.75, 3.05) is 26.2 Å². The third-order valence-corrected chi connectivity index (χ3v) is 5.67. The van der Waals surface area contributed by atoms with Crippen LogP contribution < -0.4 is 5.32 Å². The first kappa shape index (κ1) is 16.3. The highest BCUT2D eigenvalue weighted by atomic mass is 15.2. The van der Waals surface area contributed by atoms with E-state index < -0.39 is 0 Å². The third kappa shape index (κ3) is 4.21. The molecule has 0 aromatic carbocycles. The van der Waals surface area contributed by atoms with Gasteiger partial charge >= 0.3 is 0 Å². The standard InChI is InChI=1S/C18H36N2/c1-5-11-19-14-15-8-9-17(15)20-12-6-7-16(10-13-20)18(2,3)4/h15-17,19H,5-14H2,1-4H3. The molecule has 0 amide bonds. The fourth-order valence-corrected chi connectivity index (χ4v) is 4.05. The topological polar surface area (TPSA) is 15.3 Å². The van der Waals surface area contributed by atoms with Crippen molar-refractivity contribution in [1.29, 1.82) is 0 Å². The highest BCUT2D eigenvalue weighted by Crippen LogP contribution is 2.38. The lowest BCUT2D eigenvalue weighted by atomic mass is 9.76. The van der Waals surface area contributed by atoms with Gasteiger partial charge in [-0.3, -0.25) is 0 Å². The molecule has 0 aromatic heterocycles. The van der Waals surface area contributed by atoms with Crippen molar-refractivity contribution in [1.82, 2.24) is 10.2 Å². The molecule has 1 saturated carbocycles. The molecule has 0 radical (unpaired) electrons. The number of rotatable bonds is 5. The Morgan fingerprint density at radius 1 is 1.05 bits per heavy atom. The van der Waals surface area contributed by atoms with Crippen molar-refractivity contribution in [2.24, 2.45) is 17.3 Å². The summed E-state index contributed by atoms with van der Waals surface area (Å²) < 4.78 is 0. The highest BCUT2D eigenvalue weighted by Gasteiger charge is 2.36. The number of likely N-dealkylation sites (tertiary alicyclic amines) is 1. The van der Waals surface area contributed by atoms with Crippen LogP contribution in [0, 0.1) is 17.3 Å². The van der Waals surface area contributed by atoms with Gasteiger partial charge in [0.2, 0.25) is 0 Å². The number of hydrogen-bond acceptors (Lipinski definition) is 2. The van der Waals surface area contributed by atoms with Crippen LogP contribution in [-0.2, 0) is 0 Å². The Balaban J connectivity index is 1.79. The van der Waals surface area contributed by atoms with E-state index in [0.29, 0.717) is 5.41 Å². The Kier molecular flexibility index (Phi) is 5.92. The van der Waals surface area contributed by atoms with Gasteiger partial charge in [-0.1, -0.05) is 27.7 Å². The van der Waals surface area contributed by atoms with Gasteiger partial charge in [-0.25, -0.2) is 0 Å². The first-order chi connectivity index (χ1) is 9.52. The van der Waals surface area contributed by atoms with Crippen molar-refractivity contribution < 1.29 is 0 Å². The van der Waals surface area contributed by atoms with E-state index in [1.807, 2.05) is 0 Å². The second-order valence-corrected chi connectivity index (χ2v) is 8.14. The van der Waals surface area contributed by atoms with Gasteiger partial charge in [-0.2, -0.15) is 0 Å². The maximum absolute atomic E-state index is 3.63. The van der Waals surface area contributed by atoms with Crippen LogP contribution in [0.15, 0.2) is 0 Å². The number of nitrogens with one attached hydrogen (secondary N) is 1. The zero-order valence-corrected chi connectivity index (χ0v) is 14.3. The molecule has 3 atom stereocenters. The fourth-order valence-electron chi connectivity index (χ4n) is 4.05. The van der Waals surface area contributed by atoms with Crippen molar-refractivity contribution >= 4 is 0 Å². The summed E-state index contributed by atoms with van der Waals surface area (Å²) in [5.41, 5.74) is 0.498. The molecule has 2 heteroatoms. The average Bonchev–Trinajstić information content (AvgIpc) is 2.58. The molecular weight excluding hydrogens is 244 g/mol. The predicted octanol–water partition coefficient (Wildman–Crippen LogP) is 3.91. The molecule has 1 aliphatic heterocycles. The number of nitrogens with zero attached hydrogens (tertiary/aromatic N) is 1. The van der Waals surface area contributed by atoms with Crippen molar-refractivity contribution in [2.45, 2.75) is 72.3 Å². The molecular formula is C18H36N2. The Hall–Kier alpha value is -0.0800. The minimum Gasteiger partial charge on any atom is -0.316 e. The summed E-state index contributed by atoms with van der Waals surface area (Å²) in [7, 11) is 0. The van der Waals surface area contributed by atoms with Crippen LogP contribution in [0.2, 0.25) is 0 Å². The van der Waals surface area contributed by atoms with Gasteiger partial charge in [0.25, 0.3) is 0 Å². The maximum atomic E-state index is 3.63. The van der Waals surface area contributed by atoms with E-state index in [0.717, 1.165) is 17.9 Å². The van der Waals surface area contributed by atoms with Crippen LogP contribution >= 0.6 is 0 Å². The molecule has 1 saturated heterocycles. The summed E-state index contributed by atoms with van der Waals surface area (Å²) in [4.78, 5) is 2.83. The quantitative estimate of drug-likeness (QED) is 0.768. The molecule has 3 unspecified atom stereocenters.